The smallest absolute Gasteiger partial charge is 0.127 e. The molecule has 1 heterocycles. The molecule has 0 fully saturated rings. The molecule has 0 bridgehead atoms. The number of nitrogens with zero attached hydrogens (tertiary/aromatic N) is 2. The Morgan fingerprint density at radius 1 is 1.21 bits per heavy atom. The summed E-state index contributed by atoms with van der Waals surface area (Å²) in [6, 6.07) is 8.19. The first-order valence-electron chi connectivity index (χ1n) is 6.93. The second-order valence-electron chi connectivity index (χ2n) is 5.42. The van der Waals surface area contributed by atoms with Crippen molar-refractivity contribution in [3.05, 3.63) is 29.8 Å². The van der Waals surface area contributed by atoms with Crippen molar-refractivity contribution in [1.82, 2.24) is 5.43 Å². The molecule has 2 rings (SSSR count). The molecule has 1 aliphatic heterocycles. The maximum atomic E-state index is 4.50. The topological polar surface area (TPSA) is 36.8 Å². The number of amidine groups is 1. The van der Waals surface area contributed by atoms with E-state index in [9.17, 15) is 0 Å². The van der Waals surface area contributed by atoms with E-state index in [0.29, 0.717) is 0 Å². The van der Waals surface area contributed by atoms with E-state index in [1.807, 2.05) is 39.0 Å². The van der Waals surface area contributed by atoms with Crippen molar-refractivity contribution in [2.75, 3.05) is 0 Å². The van der Waals surface area contributed by atoms with Gasteiger partial charge in [0.15, 0.2) is 0 Å². The van der Waals surface area contributed by atoms with E-state index in [2.05, 4.69) is 42.4 Å². The zero-order chi connectivity index (χ0) is 14.5. The predicted octanol–water partition coefficient (Wildman–Crippen LogP) is 4.31. The molecule has 0 aliphatic carbocycles. The highest BCUT2D eigenvalue weighted by atomic mass is 15.3. The Balaban J connectivity index is 0.000000861. The van der Waals surface area contributed by atoms with Gasteiger partial charge in [0, 0.05) is 17.5 Å². The van der Waals surface area contributed by atoms with Crippen LogP contribution in [0.1, 0.15) is 47.1 Å². The molecule has 0 saturated heterocycles. The fourth-order valence-electron chi connectivity index (χ4n) is 1.52. The Morgan fingerprint density at radius 3 is 2.42 bits per heavy atom. The van der Waals surface area contributed by atoms with Crippen molar-refractivity contribution in [2.24, 2.45) is 15.5 Å². The largest absolute Gasteiger partial charge is 0.265 e. The van der Waals surface area contributed by atoms with Crippen molar-refractivity contribution < 1.29 is 0 Å². The number of nitrogens with one attached hydrogen (secondary N) is 1. The Kier molecular flexibility index (Phi) is 5.28. The SMILES string of the molecule is C/C(=N/NC1=Nc2ccccc2C1)C(C)(C)C.CC. The molecule has 1 aliphatic rings. The minimum Gasteiger partial charge on any atom is -0.265 e. The van der Waals surface area contributed by atoms with Gasteiger partial charge in [0.25, 0.3) is 0 Å². The lowest BCUT2D eigenvalue weighted by molar-refractivity contribution is 0.583. The first-order valence-corrected chi connectivity index (χ1v) is 6.93. The Bertz CT molecular complexity index is 479. The number of para-hydroxylation sites is 1. The second kappa shape index (κ2) is 6.50. The Labute approximate surface area is 116 Å². The number of fused-ring (bicyclic) bond motifs is 1. The number of hydrogen-bond donors (Lipinski definition) is 1. The lowest BCUT2D eigenvalue weighted by atomic mass is 9.91. The second-order valence-corrected chi connectivity index (χ2v) is 5.42. The molecule has 0 saturated carbocycles. The van der Waals surface area contributed by atoms with E-state index < -0.39 is 0 Å². The molecule has 19 heavy (non-hydrogen) atoms. The predicted molar refractivity (Wildman–Crippen MR) is 84.3 cm³/mol. The summed E-state index contributed by atoms with van der Waals surface area (Å²) in [4.78, 5) is 4.50. The highest BCUT2D eigenvalue weighted by Gasteiger charge is 2.16. The zero-order valence-corrected chi connectivity index (χ0v) is 12.9. The Morgan fingerprint density at radius 2 is 1.84 bits per heavy atom. The molecular formula is C16H25N3. The van der Waals surface area contributed by atoms with E-state index in [1.54, 1.807) is 0 Å². The number of hydrazone groups is 1. The molecule has 0 aromatic heterocycles. The van der Waals surface area contributed by atoms with Crippen molar-refractivity contribution in [2.45, 2.75) is 48.0 Å². The van der Waals surface area contributed by atoms with Crippen LogP contribution in [0, 0.1) is 5.41 Å². The standard InChI is InChI=1S/C14H19N3.C2H6/c1-10(14(2,3)4)16-17-13-9-11-7-5-6-8-12(11)15-13;1-2/h5-8H,9H2,1-4H3,(H,15,17);1-2H3/b16-10-;. The summed E-state index contributed by atoms with van der Waals surface area (Å²) in [5, 5.41) is 4.40. The van der Waals surface area contributed by atoms with Crippen molar-refractivity contribution in [3.63, 3.8) is 0 Å². The van der Waals surface area contributed by atoms with Crippen LogP contribution in [0.4, 0.5) is 5.69 Å². The summed E-state index contributed by atoms with van der Waals surface area (Å²) in [7, 11) is 0. The van der Waals surface area contributed by atoms with Gasteiger partial charge in [-0.3, -0.25) is 5.43 Å². The van der Waals surface area contributed by atoms with Crippen LogP contribution in [0.15, 0.2) is 34.4 Å². The molecule has 0 unspecified atom stereocenters. The van der Waals surface area contributed by atoms with Gasteiger partial charge in [-0.2, -0.15) is 5.10 Å². The number of aliphatic imine (C=N–C) groups is 1. The minimum atomic E-state index is 0.0962. The van der Waals surface area contributed by atoms with Gasteiger partial charge in [-0.15, -0.1) is 0 Å². The summed E-state index contributed by atoms with van der Waals surface area (Å²) < 4.78 is 0. The lowest BCUT2D eigenvalue weighted by Crippen LogP contribution is -2.24. The zero-order valence-electron chi connectivity index (χ0n) is 12.9. The highest BCUT2D eigenvalue weighted by Crippen LogP contribution is 2.25. The molecule has 1 N–H and O–H groups in total. The summed E-state index contributed by atoms with van der Waals surface area (Å²) >= 11 is 0. The number of rotatable bonds is 1. The average Bonchev–Trinajstić information content (AvgIpc) is 2.79. The Hall–Kier alpha value is -1.64. The molecule has 1 aromatic carbocycles. The van der Waals surface area contributed by atoms with Crippen LogP contribution >= 0.6 is 0 Å². The molecular weight excluding hydrogens is 234 g/mol. The van der Waals surface area contributed by atoms with Crippen LogP contribution < -0.4 is 5.43 Å². The van der Waals surface area contributed by atoms with E-state index in [4.69, 9.17) is 0 Å². The molecule has 3 heteroatoms. The average molecular weight is 259 g/mol. The molecule has 0 amide bonds. The van der Waals surface area contributed by atoms with E-state index in [1.165, 1.54) is 5.56 Å². The maximum absolute atomic E-state index is 4.50. The van der Waals surface area contributed by atoms with Gasteiger partial charge >= 0.3 is 0 Å². The first kappa shape index (κ1) is 15.4. The minimum absolute atomic E-state index is 0.0962. The maximum Gasteiger partial charge on any atom is 0.127 e. The fraction of sp³-hybridized carbons (Fsp3) is 0.500. The third kappa shape index (κ3) is 4.19. The normalized spacial score (nSPS) is 14.2. The van der Waals surface area contributed by atoms with Gasteiger partial charge in [-0.05, 0) is 18.6 Å². The summed E-state index contributed by atoms with van der Waals surface area (Å²) in [5.41, 5.74) is 6.57. The molecule has 1 aromatic rings. The molecule has 3 nitrogen and oxygen atoms in total. The van der Waals surface area contributed by atoms with E-state index in [0.717, 1.165) is 23.7 Å². The van der Waals surface area contributed by atoms with Crippen LogP contribution in [-0.2, 0) is 6.42 Å². The van der Waals surface area contributed by atoms with Gasteiger partial charge in [-0.25, -0.2) is 4.99 Å². The van der Waals surface area contributed by atoms with Crippen molar-refractivity contribution >= 4 is 17.2 Å². The van der Waals surface area contributed by atoms with Crippen LogP contribution in [0.2, 0.25) is 0 Å². The van der Waals surface area contributed by atoms with Crippen LogP contribution in [0.25, 0.3) is 0 Å². The first-order chi connectivity index (χ1) is 8.97. The van der Waals surface area contributed by atoms with Gasteiger partial charge in [-0.1, -0.05) is 52.8 Å². The van der Waals surface area contributed by atoms with Gasteiger partial charge in [0.05, 0.1) is 5.69 Å². The quantitative estimate of drug-likeness (QED) is 0.592. The number of benzene rings is 1. The molecule has 104 valence electrons. The monoisotopic (exact) mass is 259 g/mol. The van der Waals surface area contributed by atoms with Crippen molar-refractivity contribution in [3.8, 4) is 0 Å². The third-order valence-electron chi connectivity index (χ3n) is 3.04. The molecule has 0 spiro atoms. The van der Waals surface area contributed by atoms with Crippen molar-refractivity contribution in [1.29, 1.82) is 0 Å². The van der Waals surface area contributed by atoms with Crippen LogP contribution in [0.3, 0.4) is 0 Å². The molecule has 0 atom stereocenters. The lowest BCUT2D eigenvalue weighted by Gasteiger charge is -2.17. The highest BCUT2D eigenvalue weighted by molar-refractivity contribution is 5.94. The van der Waals surface area contributed by atoms with Crippen LogP contribution in [-0.4, -0.2) is 11.5 Å². The molecule has 0 radical (unpaired) electrons. The van der Waals surface area contributed by atoms with Crippen LogP contribution in [0.5, 0.6) is 0 Å². The summed E-state index contributed by atoms with van der Waals surface area (Å²) in [5.74, 6) is 0.926. The summed E-state index contributed by atoms with van der Waals surface area (Å²) in [6.07, 6.45) is 0.844. The fourth-order valence-corrected chi connectivity index (χ4v) is 1.52. The number of hydrogen-bond acceptors (Lipinski definition) is 3. The van der Waals surface area contributed by atoms with Gasteiger partial charge in [0.1, 0.15) is 5.84 Å². The van der Waals surface area contributed by atoms with E-state index in [-0.39, 0.29) is 5.41 Å². The van der Waals surface area contributed by atoms with Gasteiger partial charge < -0.3 is 0 Å². The summed E-state index contributed by atoms with van der Waals surface area (Å²) in [6.45, 7) is 12.5. The van der Waals surface area contributed by atoms with E-state index >= 15 is 0 Å². The van der Waals surface area contributed by atoms with Gasteiger partial charge in [0.2, 0.25) is 0 Å². The third-order valence-corrected chi connectivity index (χ3v) is 3.04.